The summed E-state index contributed by atoms with van der Waals surface area (Å²) >= 11 is 0. The van der Waals surface area contributed by atoms with Crippen LogP contribution in [0.15, 0.2) is 4.99 Å². The topological polar surface area (TPSA) is 108 Å². The summed E-state index contributed by atoms with van der Waals surface area (Å²) < 4.78 is 55.0. The average molecular weight is 567 g/mol. The summed E-state index contributed by atoms with van der Waals surface area (Å²) in [4.78, 5) is 6.67. The number of halogens is 1. The number of guanidine groups is 1. The van der Waals surface area contributed by atoms with Crippen molar-refractivity contribution in [1.29, 1.82) is 0 Å². The number of ether oxygens (including phenoxy) is 1. The first-order valence-corrected chi connectivity index (χ1v) is 13.4. The van der Waals surface area contributed by atoms with Crippen molar-refractivity contribution < 1.29 is 21.6 Å². The molecule has 0 aromatic rings. The van der Waals surface area contributed by atoms with Crippen molar-refractivity contribution in [1.82, 2.24) is 14.5 Å². The van der Waals surface area contributed by atoms with Crippen LogP contribution in [0.4, 0.5) is 0 Å². The van der Waals surface area contributed by atoms with Gasteiger partial charge in [-0.05, 0) is 33.1 Å². The third-order valence-electron chi connectivity index (χ3n) is 4.88. The van der Waals surface area contributed by atoms with Gasteiger partial charge in [-0.1, -0.05) is 0 Å². The zero-order chi connectivity index (χ0) is 20.8. The summed E-state index contributed by atoms with van der Waals surface area (Å²) in [6.45, 7) is 9.05. The fourth-order valence-electron chi connectivity index (χ4n) is 3.35. The molecular formula is C17H35IN4O5S2. The second kappa shape index (κ2) is 12.0. The lowest BCUT2D eigenvalue weighted by atomic mass is 10.1. The van der Waals surface area contributed by atoms with Gasteiger partial charge < -0.3 is 15.0 Å². The van der Waals surface area contributed by atoms with Gasteiger partial charge in [0.1, 0.15) is 0 Å². The smallest absolute Gasteiger partial charge is 0.216 e. The highest BCUT2D eigenvalue weighted by Crippen LogP contribution is 2.18. The first kappa shape index (κ1) is 26.9. The Kier molecular flexibility index (Phi) is 11.1. The van der Waals surface area contributed by atoms with E-state index in [-0.39, 0.29) is 59.9 Å². The van der Waals surface area contributed by atoms with Gasteiger partial charge in [-0.2, -0.15) is 4.31 Å². The molecule has 29 heavy (non-hydrogen) atoms. The van der Waals surface area contributed by atoms with E-state index in [4.69, 9.17) is 4.74 Å². The molecule has 2 rings (SSSR count). The van der Waals surface area contributed by atoms with Crippen molar-refractivity contribution in [3.63, 3.8) is 0 Å². The van der Waals surface area contributed by atoms with Gasteiger partial charge in [0.15, 0.2) is 15.8 Å². The molecule has 172 valence electrons. The van der Waals surface area contributed by atoms with Crippen molar-refractivity contribution in [3.8, 4) is 0 Å². The van der Waals surface area contributed by atoms with Crippen LogP contribution in [0.3, 0.4) is 0 Å². The van der Waals surface area contributed by atoms with Crippen LogP contribution >= 0.6 is 24.0 Å². The Labute approximate surface area is 192 Å². The molecule has 9 nitrogen and oxygen atoms in total. The third-order valence-corrected chi connectivity index (χ3v) is 8.56. The van der Waals surface area contributed by atoms with Crippen LogP contribution in [0.25, 0.3) is 0 Å². The lowest BCUT2D eigenvalue weighted by Gasteiger charge is -2.36. The van der Waals surface area contributed by atoms with Gasteiger partial charge in [0.25, 0.3) is 0 Å². The van der Waals surface area contributed by atoms with Gasteiger partial charge in [-0.3, -0.25) is 4.99 Å². The maximum atomic E-state index is 12.5. The normalized spacial score (nSPS) is 23.2. The summed E-state index contributed by atoms with van der Waals surface area (Å²) in [7, 11) is -6.23. The Hall–Kier alpha value is -0.180. The van der Waals surface area contributed by atoms with Gasteiger partial charge >= 0.3 is 0 Å². The molecule has 0 amide bonds. The minimum atomic E-state index is -3.32. The molecule has 0 aliphatic carbocycles. The molecule has 1 atom stereocenters. The van der Waals surface area contributed by atoms with Gasteiger partial charge in [0.2, 0.25) is 10.0 Å². The van der Waals surface area contributed by atoms with E-state index >= 15 is 0 Å². The standard InChI is InChI=1S/C17H34N4O5S2.HI/c1-4-18-17(19-13-16-5-11-27(22,23)14-16)20-6-8-21(9-7-20)28(24,25)12-10-26-15(2)3;/h15-16H,4-14H2,1-3H3,(H,18,19);1H. The Morgan fingerprint density at radius 3 is 2.41 bits per heavy atom. The molecular weight excluding hydrogens is 531 g/mol. The molecule has 12 heteroatoms. The molecule has 2 fully saturated rings. The number of sulfone groups is 1. The van der Waals surface area contributed by atoms with E-state index in [0.717, 1.165) is 5.96 Å². The minimum Gasteiger partial charge on any atom is -0.378 e. The van der Waals surface area contributed by atoms with Crippen LogP contribution in [-0.4, -0.2) is 101 Å². The number of nitrogens with zero attached hydrogens (tertiary/aromatic N) is 3. The van der Waals surface area contributed by atoms with Gasteiger partial charge in [-0.15, -0.1) is 24.0 Å². The molecule has 2 heterocycles. The SMILES string of the molecule is CCNC(=NCC1CCS(=O)(=O)C1)N1CCN(S(=O)(=O)CCOC(C)C)CC1.I. The second-order valence-electron chi connectivity index (χ2n) is 7.59. The van der Waals surface area contributed by atoms with E-state index in [2.05, 4.69) is 10.3 Å². The van der Waals surface area contributed by atoms with E-state index in [0.29, 0.717) is 45.7 Å². The van der Waals surface area contributed by atoms with Crippen LogP contribution in [0, 0.1) is 5.92 Å². The number of sulfonamides is 1. The summed E-state index contributed by atoms with van der Waals surface area (Å²) in [6, 6.07) is 0. The van der Waals surface area contributed by atoms with E-state index in [1.54, 1.807) is 0 Å². The summed E-state index contributed by atoms with van der Waals surface area (Å²) in [5.41, 5.74) is 0. The Bertz CT molecular complexity index is 735. The monoisotopic (exact) mass is 566 g/mol. The number of rotatable bonds is 8. The van der Waals surface area contributed by atoms with Crippen LogP contribution in [-0.2, 0) is 24.6 Å². The summed E-state index contributed by atoms with van der Waals surface area (Å²) in [5.74, 6) is 1.25. The fourth-order valence-corrected chi connectivity index (χ4v) is 6.49. The molecule has 0 radical (unpaired) electrons. The quantitative estimate of drug-likeness (QED) is 0.257. The number of hydrogen-bond donors (Lipinski definition) is 1. The zero-order valence-corrected chi connectivity index (χ0v) is 21.5. The van der Waals surface area contributed by atoms with Crippen LogP contribution in [0.2, 0.25) is 0 Å². The highest BCUT2D eigenvalue weighted by Gasteiger charge is 2.30. The van der Waals surface area contributed by atoms with Crippen LogP contribution < -0.4 is 5.32 Å². The zero-order valence-electron chi connectivity index (χ0n) is 17.5. The maximum Gasteiger partial charge on any atom is 0.216 e. The largest absolute Gasteiger partial charge is 0.378 e. The van der Waals surface area contributed by atoms with Crippen molar-refractivity contribution in [2.75, 3.05) is 63.1 Å². The van der Waals surface area contributed by atoms with Crippen LogP contribution in [0.1, 0.15) is 27.2 Å². The first-order valence-electron chi connectivity index (χ1n) is 9.96. The van der Waals surface area contributed by atoms with Gasteiger partial charge in [0, 0.05) is 39.3 Å². The Morgan fingerprint density at radius 1 is 1.24 bits per heavy atom. The molecule has 0 aromatic carbocycles. The maximum absolute atomic E-state index is 12.5. The third kappa shape index (κ3) is 8.83. The molecule has 2 aliphatic rings. The predicted octanol–water partition coefficient (Wildman–Crippen LogP) is 0.377. The van der Waals surface area contributed by atoms with E-state index < -0.39 is 19.9 Å². The summed E-state index contributed by atoms with van der Waals surface area (Å²) in [5, 5.41) is 3.24. The van der Waals surface area contributed by atoms with Crippen molar-refractivity contribution in [2.24, 2.45) is 10.9 Å². The first-order chi connectivity index (χ1) is 13.1. The number of aliphatic imine (C=N–C) groups is 1. The number of hydrogen-bond acceptors (Lipinski definition) is 6. The summed E-state index contributed by atoms with van der Waals surface area (Å²) in [6.07, 6.45) is 0.677. The van der Waals surface area contributed by atoms with Crippen LogP contribution in [0.5, 0.6) is 0 Å². The molecule has 0 spiro atoms. The van der Waals surface area contributed by atoms with Crippen molar-refractivity contribution >= 4 is 49.8 Å². The lowest BCUT2D eigenvalue weighted by molar-refractivity contribution is 0.0904. The van der Waals surface area contributed by atoms with Gasteiger partial charge in [0.05, 0.1) is 30.0 Å². The number of piperazine rings is 1. The number of nitrogens with one attached hydrogen (secondary N) is 1. The molecule has 2 saturated heterocycles. The highest BCUT2D eigenvalue weighted by molar-refractivity contribution is 14.0. The molecule has 0 bridgehead atoms. The van der Waals surface area contributed by atoms with E-state index in [9.17, 15) is 16.8 Å². The minimum absolute atomic E-state index is 0. The predicted molar refractivity (Wildman–Crippen MR) is 126 cm³/mol. The Balaban J connectivity index is 0.00000420. The van der Waals surface area contributed by atoms with Gasteiger partial charge in [-0.25, -0.2) is 16.8 Å². The molecule has 0 aromatic heterocycles. The second-order valence-corrected chi connectivity index (χ2v) is 11.9. The van der Waals surface area contributed by atoms with E-state index in [1.165, 1.54) is 4.31 Å². The Morgan fingerprint density at radius 2 is 1.90 bits per heavy atom. The van der Waals surface area contributed by atoms with Crippen molar-refractivity contribution in [2.45, 2.75) is 33.3 Å². The molecule has 2 aliphatic heterocycles. The average Bonchev–Trinajstić information content (AvgIpc) is 2.97. The lowest BCUT2D eigenvalue weighted by Crippen LogP contribution is -2.54. The fraction of sp³-hybridized carbons (Fsp3) is 0.941. The van der Waals surface area contributed by atoms with Crippen molar-refractivity contribution in [3.05, 3.63) is 0 Å². The molecule has 1 N–H and O–H groups in total. The molecule has 0 saturated carbocycles. The molecule has 1 unspecified atom stereocenters. The highest BCUT2D eigenvalue weighted by atomic mass is 127. The van der Waals surface area contributed by atoms with E-state index in [1.807, 2.05) is 25.7 Å².